The van der Waals surface area contributed by atoms with Gasteiger partial charge in [-0.05, 0) is 137 Å². The third kappa shape index (κ3) is 9.87. The van der Waals surface area contributed by atoms with Crippen molar-refractivity contribution in [1.29, 1.82) is 0 Å². The highest BCUT2D eigenvalue weighted by atomic mass is 19.2. The van der Waals surface area contributed by atoms with E-state index in [0.717, 1.165) is 75.3 Å². The topological polar surface area (TPSA) is 9.23 Å². The van der Waals surface area contributed by atoms with Crippen LogP contribution < -0.4 is 0 Å². The maximum atomic E-state index is 15.7. The lowest BCUT2D eigenvalue weighted by molar-refractivity contribution is -0.0963. The molecule has 0 amide bonds. The van der Waals surface area contributed by atoms with Crippen molar-refractivity contribution in [3.8, 4) is 0 Å². The lowest BCUT2D eigenvalue weighted by atomic mass is 9.67. The van der Waals surface area contributed by atoms with Gasteiger partial charge in [0.15, 0.2) is 34.9 Å². The summed E-state index contributed by atoms with van der Waals surface area (Å²) in [6, 6.07) is 4.38. The monoisotopic (exact) mass is 746 g/mol. The maximum Gasteiger partial charge on any atom is 0.194 e. The minimum atomic E-state index is -1.55. The first kappa shape index (κ1) is 40.6. The molecule has 0 aromatic heterocycles. The zero-order chi connectivity index (χ0) is 37.5. The number of hydrogen-bond acceptors (Lipinski definition) is 1. The molecule has 0 spiro atoms. The van der Waals surface area contributed by atoms with Crippen LogP contribution in [-0.4, -0.2) is 0 Å². The van der Waals surface area contributed by atoms with Gasteiger partial charge in [-0.3, -0.25) is 0 Å². The Bertz CT molecular complexity index is 1320. The zero-order valence-corrected chi connectivity index (χ0v) is 32.3. The minimum Gasteiger partial charge on any atom is -0.365 e. The highest BCUT2D eigenvalue weighted by molar-refractivity contribution is 5.26. The van der Waals surface area contributed by atoms with Crippen LogP contribution in [-0.2, 0) is 4.74 Å². The number of ether oxygens (including phenoxy) is 1. The van der Waals surface area contributed by atoms with E-state index in [9.17, 15) is 17.6 Å². The Balaban J connectivity index is 1.20. The molecule has 2 unspecified atom stereocenters. The van der Waals surface area contributed by atoms with Gasteiger partial charge in [0, 0.05) is 11.1 Å². The molecule has 0 radical (unpaired) electrons. The molecular weight excluding hydrogens is 682 g/mol. The van der Waals surface area contributed by atoms with Gasteiger partial charge in [0.25, 0.3) is 0 Å². The number of unbranched alkanes of at least 4 members (excludes halogenated alkanes) is 2. The molecule has 2 atom stereocenters. The van der Waals surface area contributed by atoms with E-state index in [1.807, 2.05) is 0 Å². The van der Waals surface area contributed by atoms with Gasteiger partial charge in [-0.25, -0.2) is 26.3 Å². The van der Waals surface area contributed by atoms with Gasteiger partial charge in [0.05, 0.1) is 12.2 Å². The van der Waals surface area contributed by atoms with E-state index in [-0.39, 0.29) is 23.0 Å². The van der Waals surface area contributed by atoms with Crippen molar-refractivity contribution < 1.29 is 31.1 Å². The van der Waals surface area contributed by atoms with Crippen LogP contribution >= 0.6 is 0 Å². The van der Waals surface area contributed by atoms with Crippen molar-refractivity contribution in [2.24, 2.45) is 47.3 Å². The fourth-order valence-electron chi connectivity index (χ4n) is 11.3. The summed E-state index contributed by atoms with van der Waals surface area (Å²) < 4.78 is 96.5. The maximum absolute atomic E-state index is 15.7. The van der Waals surface area contributed by atoms with Crippen LogP contribution in [0.3, 0.4) is 0 Å². The summed E-state index contributed by atoms with van der Waals surface area (Å²) >= 11 is 0. The minimum absolute atomic E-state index is 0.0784. The number of rotatable bonds is 14. The van der Waals surface area contributed by atoms with Crippen molar-refractivity contribution >= 4 is 0 Å². The molecule has 4 aliphatic carbocycles. The first-order chi connectivity index (χ1) is 25.7. The summed E-state index contributed by atoms with van der Waals surface area (Å²) in [7, 11) is 0. The van der Waals surface area contributed by atoms with Crippen LogP contribution in [0.5, 0.6) is 0 Å². The Morgan fingerprint density at radius 1 is 0.453 bits per heavy atom. The van der Waals surface area contributed by atoms with Crippen molar-refractivity contribution in [3.63, 3.8) is 0 Å². The highest BCUT2D eigenvalue weighted by Gasteiger charge is 2.41. The Morgan fingerprint density at radius 2 is 0.774 bits per heavy atom. The van der Waals surface area contributed by atoms with Crippen LogP contribution in [0.2, 0.25) is 0 Å². The molecular formula is C46H64F6O. The molecule has 4 fully saturated rings. The molecule has 53 heavy (non-hydrogen) atoms. The Kier molecular flexibility index (Phi) is 14.7. The molecule has 1 nitrogen and oxygen atoms in total. The first-order valence-electron chi connectivity index (χ1n) is 21.6. The standard InChI is InChI=1S/C46H64F6O/c1-3-5-7-29-9-13-31(14-10-29)33-17-21-35(22-18-33)45(37-25-27-39(47)43(51)41(37)49)53-46(38-26-28-40(48)44(52)42(38)50)36-23-19-34(20-24-36)32-15-11-30(12-16-32)8-6-4-2/h25-36,45-46H,3-24H2,1-2H3. The Labute approximate surface area is 315 Å². The predicted octanol–water partition coefficient (Wildman–Crippen LogP) is 14.9. The summed E-state index contributed by atoms with van der Waals surface area (Å²) in [5.74, 6) is -4.53. The van der Waals surface area contributed by atoms with E-state index in [4.69, 9.17) is 4.74 Å². The quantitative estimate of drug-likeness (QED) is 0.138. The molecule has 296 valence electrons. The largest absolute Gasteiger partial charge is 0.365 e. The third-order valence-corrected chi connectivity index (χ3v) is 14.6. The summed E-state index contributed by atoms with van der Waals surface area (Å²) in [6.07, 6.45) is 22.4. The summed E-state index contributed by atoms with van der Waals surface area (Å²) in [6.45, 7) is 4.49. The molecule has 4 aliphatic rings. The van der Waals surface area contributed by atoms with Gasteiger partial charge in [-0.1, -0.05) is 90.2 Å². The van der Waals surface area contributed by atoms with E-state index in [0.29, 0.717) is 23.7 Å². The van der Waals surface area contributed by atoms with Gasteiger partial charge in [0.2, 0.25) is 0 Å². The fourth-order valence-corrected chi connectivity index (χ4v) is 11.3. The lowest BCUT2D eigenvalue weighted by Gasteiger charge is -2.43. The molecule has 7 heteroatoms. The Morgan fingerprint density at radius 3 is 1.09 bits per heavy atom. The molecule has 0 bridgehead atoms. The van der Waals surface area contributed by atoms with Gasteiger partial charge >= 0.3 is 0 Å². The number of halogens is 6. The fraction of sp³-hybridized carbons (Fsp3) is 0.739. The average Bonchev–Trinajstić information content (AvgIpc) is 3.19. The summed E-state index contributed by atoms with van der Waals surface area (Å²) in [5, 5.41) is 0. The molecule has 0 N–H and O–H groups in total. The summed E-state index contributed by atoms with van der Waals surface area (Å²) in [5.41, 5.74) is -0.157. The molecule has 0 saturated heterocycles. The predicted molar refractivity (Wildman–Crippen MR) is 200 cm³/mol. The molecule has 2 aromatic rings. The van der Waals surface area contributed by atoms with Crippen molar-refractivity contribution in [2.75, 3.05) is 0 Å². The second-order valence-corrected chi connectivity index (χ2v) is 17.7. The van der Waals surface area contributed by atoms with Crippen molar-refractivity contribution in [1.82, 2.24) is 0 Å². The molecule has 0 heterocycles. The third-order valence-electron chi connectivity index (χ3n) is 14.6. The van der Waals surface area contributed by atoms with Crippen LogP contribution in [0.25, 0.3) is 0 Å². The van der Waals surface area contributed by atoms with Gasteiger partial charge < -0.3 is 4.74 Å². The van der Waals surface area contributed by atoms with E-state index >= 15 is 8.78 Å². The van der Waals surface area contributed by atoms with Crippen molar-refractivity contribution in [3.05, 3.63) is 70.3 Å². The number of hydrogen-bond donors (Lipinski definition) is 0. The normalized spacial score (nSPS) is 30.9. The van der Waals surface area contributed by atoms with Crippen LogP contribution in [0.1, 0.15) is 178 Å². The zero-order valence-electron chi connectivity index (χ0n) is 32.3. The van der Waals surface area contributed by atoms with Crippen LogP contribution in [0, 0.1) is 82.2 Å². The Hall–Kier alpha value is -2.02. The second kappa shape index (κ2) is 19.2. The van der Waals surface area contributed by atoms with E-state index in [1.54, 1.807) is 0 Å². The van der Waals surface area contributed by atoms with Gasteiger partial charge in [-0.2, -0.15) is 0 Å². The highest BCUT2D eigenvalue weighted by Crippen LogP contribution is 2.51. The van der Waals surface area contributed by atoms with E-state index in [2.05, 4.69) is 13.8 Å². The first-order valence-corrected chi connectivity index (χ1v) is 21.6. The molecule has 0 aliphatic heterocycles. The van der Waals surface area contributed by atoms with E-state index < -0.39 is 47.1 Å². The summed E-state index contributed by atoms with van der Waals surface area (Å²) in [4.78, 5) is 0. The SMILES string of the molecule is CCCCC1CCC(C2CCC(C(OC(c3ccc(F)c(F)c3F)C3CCC(C4CCC(CCCC)CC4)CC3)c3ccc(F)c(F)c3F)CC2)CC1. The molecule has 4 saturated carbocycles. The van der Waals surface area contributed by atoms with Crippen LogP contribution in [0.15, 0.2) is 24.3 Å². The number of benzene rings is 2. The van der Waals surface area contributed by atoms with Gasteiger partial charge in [-0.15, -0.1) is 0 Å². The average molecular weight is 747 g/mol. The molecule has 6 rings (SSSR count). The van der Waals surface area contributed by atoms with E-state index in [1.165, 1.54) is 102 Å². The van der Waals surface area contributed by atoms with Gasteiger partial charge in [0.1, 0.15) is 0 Å². The van der Waals surface area contributed by atoms with Crippen molar-refractivity contribution in [2.45, 2.75) is 167 Å². The second-order valence-electron chi connectivity index (χ2n) is 17.7. The smallest absolute Gasteiger partial charge is 0.194 e. The molecule has 2 aromatic carbocycles. The lowest BCUT2D eigenvalue weighted by Crippen LogP contribution is -2.32. The van der Waals surface area contributed by atoms with Crippen LogP contribution in [0.4, 0.5) is 26.3 Å².